The number of aryl methyl sites for hydroxylation is 1. The average molecular weight is 440 g/mol. The van der Waals surface area contributed by atoms with Crippen molar-refractivity contribution < 1.29 is 4.79 Å². The van der Waals surface area contributed by atoms with Crippen molar-refractivity contribution >= 4 is 16.8 Å². The SMILES string of the molecule is CCc1ccc(C(C)(C)c2cc3ccc(C#N)cc3[nH]2)cc1-c1cnn(CC(=O)N(C)C)c1. The van der Waals surface area contributed by atoms with E-state index in [2.05, 4.69) is 61.2 Å². The lowest BCUT2D eigenvalue weighted by atomic mass is 9.79. The molecule has 6 nitrogen and oxygen atoms in total. The Morgan fingerprint density at radius 1 is 1.18 bits per heavy atom. The van der Waals surface area contributed by atoms with Crippen LogP contribution in [0.15, 0.2) is 54.9 Å². The van der Waals surface area contributed by atoms with E-state index in [0.717, 1.165) is 34.1 Å². The zero-order valence-corrected chi connectivity index (χ0v) is 19.8. The predicted octanol–water partition coefficient (Wildman–Crippen LogP) is 4.88. The lowest BCUT2D eigenvalue weighted by Crippen LogP contribution is -2.26. The van der Waals surface area contributed by atoms with Gasteiger partial charge < -0.3 is 9.88 Å². The van der Waals surface area contributed by atoms with Gasteiger partial charge in [-0.2, -0.15) is 10.4 Å². The molecule has 0 aliphatic heterocycles. The molecule has 0 bridgehead atoms. The largest absolute Gasteiger partial charge is 0.358 e. The third kappa shape index (κ3) is 4.27. The van der Waals surface area contributed by atoms with E-state index >= 15 is 0 Å². The highest BCUT2D eigenvalue weighted by molar-refractivity contribution is 5.82. The van der Waals surface area contributed by atoms with Crippen LogP contribution in [0.5, 0.6) is 0 Å². The molecule has 1 N–H and O–H groups in total. The highest BCUT2D eigenvalue weighted by atomic mass is 16.2. The Kier molecular flexibility index (Phi) is 5.82. The van der Waals surface area contributed by atoms with Gasteiger partial charge in [-0.3, -0.25) is 9.48 Å². The molecule has 0 aliphatic carbocycles. The number of aromatic amines is 1. The number of carbonyl (C=O) groups is 1. The van der Waals surface area contributed by atoms with Gasteiger partial charge in [0.15, 0.2) is 0 Å². The molecule has 0 saturated carbocycles. The van der Waals surface area contributed by atoms with Gasteiger partial charge in [0.2, 0.25) is 5.91 Å². The summed E-state index contributed by atoms with van der Waals surface area (Å²) in [7, 11) is 3.50. The van der Waals surface area contributed by atoms with Crippen molar-refractivity contribution in [1.82, 2.24) is 19.7 Å². The fourth-order valence-electron chi connectivity index (χ4n) is 4.10. The van der Waals surface area contributed by atoms with E-state index in [-0.39, 0.29) is 17.9 Å². The summed E-state index contributed by atoms with van der Waals surface area (Å²) in [6, 6.07) is 16.7. The van der Waals surface area contributed by atoms with Crippen LogP contribution in [0.25, 0.3) is 22.0 Å². The summed E-state index contributed by atoms with van der Waals surface area (Å²) in [6.07, 6.45) is 4.68. The maximum Gasteiger partial charge on any atom is 0.243 e. The third-order valence-corrected chi connectivity index (χ3v) is 6.38. The number of aromatic nitrogens is 3. The zero-order valence-electron chi connectivity index (χ0n) is 19.8. The summed E-state index contributed by atoms with van der Waals surface area (Å²) >= 11 is 0. The summed E-state index contributed by atoms with van der Waals surface area (Å²) in [4.78, 5) is 17.2. The quantitative estimate of drug-likeness (QED) is 0.465. The molecule has 2 heterocycles. The summed E-state index contributed by atoms with van der Waals surface area (Å²) < 4.78 is 1.69. The van der Waals surface area contributed by atoms with Crippen LogP contribution in [-0.2, 0) is 23.2 Å². The fourth-order valence-corrected chi connectivity index (χ4v) is 4.10. The number of likely N-dealkylation sites (N-methyl/N-ethyl adjacent to an activating group) is 1. The number of benzene rings is 2. The second-order valence-corrected chi connectivity index (χ2v) is 9.16. The van der Waals surface area contributed by atoms with E-state index in [9.17, 15) is 10.1 Å². The molecule has 2 aromatic carbocycles. The van der Waals surface area contributed by atoms with Gasteiger partial charge >= 0.3 is 0 Å². The minimum Gasteiger partial charge on any atom is -0.358 e. The molecule has 4 rings (SSSR count). The van der Waals surface area contributed by atoms with Crippen molar-refractivity contribution in [3.05, 3.63) is 77.2 Å². The second kappa shape index (κ2) is 8.59. The standard InChI is InChI=1S/C27H29N5O/c1-6-19-9-10-22(13-23(19)21-15-29-32(16-21)17-26(33)31(4)5)27(2,3)25-12-20-8-7-18(14-28)11-24(20)30-25/h7-13,15-16,30H,6,17H2,1-5H3. The number of hydrogen-bond donors (Lipinski definition) is 1. The van der Waals surface area contributed by atoms with Gasteiger partial charge in [0, 0.05) is 42.5 Å². The van der Waals surface area contributed by atoms with Crippen molar-refractivity contribution in [3.8, 4) is 17.2 Å². The first-order chi connectivity index (χ1) is 15.7. The van der Waals surface area contributed by atoms with E-state index in [1.807, 2.05) is 30.6 Å². The number of rotatable bonds is 6. The molecule has 1 amide bonds. The summed E-state index contributed by atoms with van der Waals surface area (Å²) in [5, 5.41) is 14.7. The van der Waals surface area contributed by atoms with Crippen LogP contribution in [0.1, 0.15) is 43.2 Å². The predicted molar refractivity (Wildman–Crippen MR) is 131 cm³/mol. The molecule has 0 fully saturated rings. The molecular weight excluding hydrogens is 410 g/mol. The lowest BCUT2D eigenvalue weighted by Gasteiger charge is -2.25. The molecule has 0 saturated heterocycles. The van der Waals surface area contributed by atoms with E-state index in [0.29, 0.717) is 5.56 Å². The number of H-pyrrole nitrogens is 1. The number of nitrogens with one attached hydrogen (secondary N) is 1. The van der Waals surface area contributed by atoms with Crippen LogP contribution in [0, 0.1) is 11.3 Å². The van der Waals surface area contributed by atoms with Crippen LogP contribution >= 0.6 is 0 Å². The van der Waals surface area contributed by atoms with Crippen molar-refractivity contribution in [2.24, 2.45) is 0 Å². The Balaban J connectivity index is 1.72. The molecule has 0 atom stereocenters. The molecular formula is C27H29N5O. The van der Waals surface area contributed by atoms with Crippen molar-refractivity contribution in [2.75, 3.05) is 14.1 Å². The first-order valence-corrected chi connectivity index (χ1v) is 11.1. The van der Waals surface area contributed by atoms with E-state index < -0.39 is 0 Å². The van der Waals surface area contributed by atoms with Crippen LogP contribution in [0.4, 0.5) is 0 Å². The Morgan fingerprint density at radius 3 is 2.67 bits per heavy atom. The number of nitrogens with zero attached hydrogens (tertiary/aromatic N) is 4. The zero-order chi connectivity index (χ0) is 23.8. The smallest absolute Gasteiger partial charge is 0.243 e. The Labute approximate surface area is 194 Å². The van der Waals surface area contributed by atoms with Crippen LogP contribution in [0.2, 0.25) is 0 Å². The summed E-state index contributed by atoms with van der Waals surface area (Å²) in [6.45, 7) is 6.77. The van der Waals surface area contributed by atoms with Gasteiger partial charge in [-0.25, -0.2) is 0 Å². The average Bonchev–Trinajstić information content (AvgIpc) is 3.45. The summed E-state index contributed by atoms with van der Waals surface area (Å²) in [5.41, 5.74) is 6.99. The Hall–Kier alpha value is -3.85. The maximum absolute atomic E-state index is 12.1. The molecule has 4 aromatic rings. The molecule has 33 heavy (non-hydrogen) atoms. The van der Waals surface area contributed by atoms with Gasteiger partial charge in [0.05, 0.1) is 17.8 Å². The van der Waals surface area contributed by atoms with Gasteiger partial charge in [0.25, 0.3) is 0 Å². The normalized spacial score (nSPS) is 11.5. The number of nitriles is 1. The summed E-state index contributed by atoms with van der Waals surface area (Å²) in [5.74, 6) is 0.00798. The van der Waals surface area contributed by atoms with Crippen LogP contribution in [0.3, 0.4) is 0 Å². The van der Waals surface area contributed by atoms with E-state index in [1.54, 1.807) is 23.7 Å². The van der Waals surface area contributed by atoms with Gasteiger partial charge in [-0.15, -0.1) is 0 Å². The van der Waals surface area contributed by atoms with E-state index in [1.165, 1.54) is 11.1 Å². The third-order valence-electron chi connectivity index (χ3n) is 6.38. The van der Waals surface area contributed by atoms with Crippen molar-refractivity contribution in [2.45, 2.75) is 39.2 Å². The van der Waals surface area contributed by atoms with Crippen molar-refractivity contribution in [3.63, 3.8) is 0 Å². The van der Waals surface area contributed by atoms with Crippen LogP contribution in [-0.4, -0.2) is 39.7 Å². The second-order valence-electron chi connectivity index (χ2n) is 9.16. The Morgan fingerprint density at radius 2 is 1.97 bits per heavy atom. The maximum atomic E-state index is 12.1. The topological polar surface area (TPSA) is 77.7 Å². The number of hydrogen-bond acceptors (Lipinski definition) is 3. The highest BCUT2D eigenvalue weighted by Crippen LogP contribution is 2.36. The Bertz CT molecular complexity index is 1370. The molecule has 168 valence electrons. The fraction of sp³-hybridized carbons (Fsp3) is 0.296. The molecule has 0 radical (unpaired) electrons. The molecule has 0 unspecified atom stereocenters. The first kappa shape index (κ1) is 22.3. The van der Waals surface area contributed by atoms with Gasteiger partial charge in [-0.05, 0) is 52.8 Å². The molecule has 0 spiro atoms. The van der Waals surface area contributed by atoms with Gasteiger partial charge in [0.1, 0.15) is 6.54 Å². The highest BCUT2D eigenvalue weighted by Gasteiger charge is 2.26. The molecule has 6 heteroatoms. The first-order valence-electron chi connectivity index (χ1n) is 11.1. The minimum absolute atomic E-state index is 0.00798. The molecule has 0 aliphatic rings. The number of carbonyl (C=O) groups excluding carboxylic acids is 1. The van der Waals surface area contributed by atoms with Crippen molar-refractivity contribution in [1.29, 1.82) is 5.26 Å². The van der Waals surface area contributed by atoms with Crippen LogP contribution < -0.4 is 0 Å². The monoisotopic (exact) mass is 439 g/mol. The van der Waals surface area contributed by atoms with E-state index in [4.69, 9.17) is 0 Å². The number of amides is 1. The van der Waals surface area contributed by atoms with Gasteiger partial charge in [-0.1, -0.05) is 39.0 Å². The molecule has 2 aromatic heterocycles. The lowest BCUT2D eigenvalue weighted by molar-refractivity contribution is -0.129. The minimum atomic E-state index is -0.274. The number of fused-ring (bicyclic) bond motifs is 1.